The highest BCUT2D eigenvalue weighted by Gasteiger charge is 2.45. The largest absolute Gasteiger partial charge is 0.493 e. The summed E-state index contributed by atoms with van der Waals surface area (Å²) in [6.45, 7) is 0. The van der Waals surface area contributed by atoms with Crippen molar-refractivity contribution >= 4 is 39.9 Å². The molecule has 0 unspecified atom stereocenters. The van der Waals surface area contributed by atoms with Crippen molar-refractivity contribution in [2.45, 2.75) is 18.6 Å². The van der Waals surface area contributed by atoms with E-state index in [1.165, 1.54) is 26.6 Å². The molecule has 186 valence electrons. The van der Waals surface area contributed by atoms with Crippen molar-refractivity contribution in [3.63, 3.8) is 0 Å². The number of ether oxygens (including phenoxy) is 2. The van der Waals surface area contributed by atoms with Gasteiger partial charge in [-0.3, -0.25) is 9.78 Å². The van der Waals surface area contributed by atoms with E-state index in [0.717, 1.165) is 0 Å². The van der Waals surface area contributed by atoms with E-state index in [4.69, 9.17) is 21.1 Å². The normalized spacial score (nSPS) is 15.4. The fraction of sp³-hybridized carbons (Fsp3) is 0.217. The Morgan fingerprint density at radius 3 is 2.69 bits per heavy atom. The van der Waals surface area contributed by atoms with Gasteiger partial charge in [0.1, 0.15) is 17.1 Å². The minimum absolute atomic E-state index is 0.0403. The van der Waals surface area contributed by atoms with Crippen molar-refractivity contribution in [3.05, 3.63) is 52.9 Å². The summed E-state index contributed by atoms with van der Waals surface area (Å²) >= 11 is 6.26. The van der Waals surface area contributed by atoms with E-state index in [1.807, 2.05) is 0 Å². The average molecular weight is 519 g/mol. The number of nitrogens with one attached hydrogen (secondary N) is 3. The maximum absolute atomic E-state index is 13.5. The first kappa shape index (κ1) is 23.7. The molecule has 0 fully saturated rings. The van der Waals surface area contributed by atoms with Gasteiger partial charge in [-0.1, -0.05) is 17.7 Å². The predicted molar refractivity (Wildman–Crippen MR) is 126 cm³/mol. The van der Waals surface area contributed by atoms with Crippen molar-refractivity contribution in [2.24, 2.45) is 0 Å². The first-order valence-electron chi connectivity index (χ1n) is 10.6. The van der Waals surface area contributed by atoms with Crippen molar-refractivity contribution in [1.29, 1.82) is 0 Å². The number of pyridine rings is 1. The quantitative estimate of drug-likeness (QED) is 0.352. The molecule has 9 nitrogen and oxygen atoms in total. The molecule has 3 N–H and O–H groups in total. The third-order valence-electron chi connectivity index (χ3n) is 5.75. The number of hydrogen-bond acceptors (Lipinski definition) is 7. The van der Waals surface area contributed by atoms with Gasteiger partial charge in [0.2, 0.25) is 0 Å². The van der Waals surface area contributed by atoms with E-state index in [0.29, 0.717) is 38.8 Å². The van der Waals surface area contributed by atoms with E-state index >= 15 is 0 Å². The van der Waals surface area contributed by atoms with Crippen LogP contribution < -0.4 is 20.1 Å². The van der Waals surface area contributed by atoms with E-state index in [1.54, 1.807) is 24.3 Å². The summed E-state index contributed by atoms with van der Waals surface area (Å²) in [5, 5.41) is 5.51. The molecule has 0 spiro atoms. The molecule has 4 heterocycles. The molecule has 0 radical (unpaired) electrons. The van der Waals surface area contributed by atoms with Gasteiger partial charge < -0.3 is 25.1 Å². The lowest BCUT2D eigenvalue weighted by molar-refractivity contribution is -0.153. The van der Waals surface area contributed by atoms with Gasteiger partial charge in [-0.15, -0.1) is 0 Å². The van der Waals surface area contributed by atoms with Crippen LogP contribution in [0.2, 0.25) is 5.02 Å². The second-order valence-electron chi connectivity index (χ2n) is 7.90. The second kappa shape index (κ2) is 8.86. The van der Waals surface area contributed by atoms with Gasteiger partial charge in [-0.2, -0.15) is 18.2 Å². The van der Waals surface area contributed by atoms with Gasteiger partial charge in [0.25, 0.3) is 5.91 Å². The van der Waals surface area contributed by atoms with E-state index in [9.17, 15) is 18.0 Å². The van der Waals surface area contributed by atoms with Gasteiger partial charge >= 0.3 is 12.2 Å². The van der Waals surface area contributed by atoms with Crippen LogP contribution in [0, 0.1) is 0 Å². The molecule has 1 amide bonds. The Kier molecular flexibility index (Phi) is 5.83. The Balaban J connectivity index is 1.75. The Morgan fingerprint density at radius 1 is 1.17 bits per heavy atom. The van der Waals surface area contributed by atoms with Crippen molar-refractivity contribution in [1.82, 2.24) is 25.3 Å². The number of nitrogens with zero attached hydrogens (tertiary/aromatic N) is 3. The molecule has 1 atom stereocenters. The van der Waals surface area contributed by atoms with Crippen molar-refractivity contribution < 1.29 is 27.4 Å². The number of halogens is 4. The SMILES string of the molecule is COc1ncc2nccc(-c3[nH]c4c(c3Nc3cccc(Cl)c3OC)C(=O)N[C@@H](C(F)(F)F)C4)c2n1. The van der Waals surface area contributed by atoms with Crippen LogP contribution in [0.5, 0.6) is 11.8 Å². The van der Waals surface area contributed by atoms with Gasteiger partial charge in [-0.05, 0) is 18.2 Å². The summed E-state index contributed by atoms with van der Waals surface area (Å²) in [4.78, 5) is 28.7. The summed E-state index contributed by atoms with van der Waals surface area (Å²) in [6.07, 6.45) is -2.12. The number of benzene rings is 1. The summed E-state index contributed by atoms with van der Waals surface area (Å²) < 4.78 is 51.1. The van der Waals surface area contributed by atoms with Gasteiger partial charge in [0.05, 0.1) is 48.1 Å². The Bertz CT molecular complexity index is 1490. The van der Waals surface area contributed by atoms with Gasteiger partial charge in [0, 0.05) is 23.9 Å². The Labute approximate surface area is 207 Å². The number of amides is 1. The number of fused-ring (bicyclic) bond motifs is 2. The Hall–Kier alpha value is -4.06. The summed E-state index contributed by atoms with van der Waals surface area (Å²) in [7, 11) is 2.84. The highest BCUT2D eigenvalue weighted by Crippen LogP contribution is 2.43. The monoisotopic (exact) mass is 518 g/mol. The number of carbonyl (C=O) groups excluding carboxylic acids is 1. The molecule has 4 aromatic rings. The van der Waals surface area contributed by atoms with E-state index in [-0.39, 0.29) is 23.0 Å². The number of carbonyl (C=O) groups is 1. The molecule has 36 heavy (non-hydrogen) atoms. The number of para-hydroxylation sites is 1. The molecule has 0 saturated carbocycles. The minimum atomic E-state index is -4.62. The van der Waals surface area contributed by atoms with Crippen molar-refractivity contribution in [3.8, 4) is 23.0 Å². The average Bonchev–Trinajstić information content (AvgIpc) is 3.21. The maximum Gasteiger partial charge on any atom is 0.409 e. The van der Waals surface area contributed by atoms with Crippen LogP contribution in [0.3, 0.4) is 0 Å². The highest BCUT2D eigenvalue weighted by atomic mass is 35.5. The zero-order chi connectivity index (χ0) is 25.6. The second-order valence-corrected chi connectivity index (χ2v) is 8.30. The van der Waals surface area contributed by atoms with Gasteiger partial charge in [0.15, 0.2) is 5.75 Å². The molecule has 3 aromatic heterocycles. The molecule has 0 bridgehead atoms. The number of rotatable bonds is 5. The topological polar surface area (TPSA) is 114 Å². The molecular formula is C23H18ClF3N6O3. The number of anilines is 2. The van der Waals surface area contributed by atoms with Crippen LogP contribution >= 0.6 is 11.6 Å². The number of methoxy groups -OCH3 is 2. The van der Waals surface area contributed by atoms with Crippen LogP contribution in [-0.2, 0) is 6.42 Å². The van der Waals surface area contributed by atoms with Crippen molar-refractivity contribution in [2.75, 3.05) is 19.5 Å². The zero-order valence-electron chi connectivity index (χ0n) is 18.8. The van der Waals surface area contributed by atoms with E-state index in [2.05, 4.69) is 30.6 Å². The molecule has 0 saturated heterocycles. The lowest BCUT2D eigenvalue weighted by atomic mass is 9.99. The summed E-state index contributed by atoms with van der Waals surface area (Å²) in [5.74, 6) is -0.580. The fourth-order valence-electron chi connectivity index (χ4n) is 4.14. The summed E-state index contributed by atoms with van der Waals surface area (Å²) in [6, 6.07) is 4.64. The first-order chi connectivity index (χ1) is 17.2. The third-order valence-corrected chi connectivity index (χ3v) is 6.05. The smallest absolute Gasteiger partial charge is 0.409 e. The standard InChI is InChI=1S/C23H18ClF3N6O3/c1-35-20-11(24)4-3-5-12(20)30-19-16-13(8-15(23(25,26)27)32-21(16)34)31-18(19)10-6-7-28-14-9-29-22(36-2)33-17(10)14/h3-7,9,15,30-31H,8H2,1-2H3,(H,32,34)/t15-/m1/s1. The third kappa shape index (κ3) is 4.02. The van der Waals surface area contributed by atoms with E-state index < -0.39 is 24.5 Å². The van der Waals surface area contributed by atoms with Gasteiger partial charge in [-0.25, -0.2) is 4.98 Å². The van der Waals surface area contributed by atoms with Crippen LogP contribution in [0.1, 0.15) is 16.1 Å². The van der Waals surface area contributed by atoms with Crippen LogP contribution in [0.4, 0.5) is 24.5 Å². The predicted octanol–water partition coefficient (Wildman–Crippen LogP) is 4.65. The number of aromatic amines is 1. The molecule has 13 heteroatoms. The zero-order valence-corrected chi connectivity index (χ0v) is 19.6. The Morgan fingerprint density at radius 2 is 1.97 bits per heavy atom. The molecular weight excluding hydrogens is 501 g/mol. The molecule has 1 aliphatic heterocycles. The van der Waals surface area contributed by atoms with Crippen LogP contribution in [0.15, 0.2) is 36.7 Å². The number of alkyl halides is 3. The highest BCUT2D eigenvalue weighted by molar-refractivity contribution is 6.32. The number of hydrogen-bond donors (Lipinski definition) is 3. The number of H-pyrrole nitrogens is 1. The maximum atomic E-state index is 13.5. The summed E-state index contributed by atoms with van der Waals surface area (Å²) in [5.41, 5.74) is 2.38. The lowest BCUT2D eigenvalue weighted by Gasteiger charge is -2.26. The molecule has 5 rings (SSSR count). The van der Waals surface area contributed by atoms with Crippen LogP contribution in [-0.4, -0.2) is 52.3 Å². The lowest BCUT2D eigenvalue weighted by Crippen LogP contribution is -2.50. The number of aromatic nitrogens is 4. The molecule has 0 aliphatic carbocycles. The fourth-order valence-corrected chi connectivity index (χ4v) is 4.39. The van der Waals surface area contributed by atoms with Crippen LogP contribution in [0.25, 0.3) is 22.3 Å². The molecule has 1 aliphatic rings. The minimum Gasteiger partial charge on any atom is -0.493 e. The first-order valence-corrected chi connectivity index (χ1v) is 11.0. The molecule has 1 aromatic carbocycles.